The maximum Gasteiger partial charge on any atom is 0.238 e. The molecular weight excluding hydrogens is 369 g/mol. The van der Waals surface area contributed by atoms with Gasteiger partial charge in [-0.15, -0.1) is 0 Å². The number of hydrogen-bond donors (Lipinski definition) is 1. The highest BCUT2D eigenvalue weighted by Gasteiger charge is 2.31. The third-order valence-corrected chi connectivity index (χ3v) is 5.80. The fraction of sp³-hybridized carbons (Fsp3) is 0.368. The summed E-state index contributed by atoms with van der Waals surface area (Å²) in [7, 11) is -3.75. The Labute approximate surface area is 158 Å². The summed E-state index contributed by atoms with van der Waals surface area (Å²) in [5.74, 6) is -1.23. The number of carbonyl (C=O) groups is 1. The van der Waals surface area contributed by atoms with Crippen molar-refractivity contribution >= 4 is 27.3 Å². The van der Waals surface area contributed by atoms with Gasteiger partial charge in [0.15, 0.2) is 0 Å². The predicted molar refractivity (Wildman–Crippen MR) is 103 cm³/mol. The molecule has 1 N–H and O–H groups in total. The molecule has 27 heavy (non-hydrogen) atoms. The molecule has 1 aliphatic rings. The van der Waals surface area contributed by atoms with Crippen molar-refractivity contribution < 1.29 is 17.6 Å². The summed E-state index contributed by atoms with van der Waals surface area (Å²) in [6.45, 7) is 5.84. The Balaban J connectivity index is 1.90. The predicted octanol–water partition coefficient (Wildman–Crippen LogP) is 3.33. The van der Waals surface area contributed by atoms with Crippen molar-refractivity contribution in [3.05, 3.63) is 53.1 Å². The Morgan fingerprint density at radius 2 is 2.07 bits per heavy atom. The third-order valence-electron chi connectivity index (χ3n) is 4.58. The first-order valence-corrected chi connectivity index (χ1v) is 10.4. The number of rotatable bonds is 5. The van der Waals surface area contributed by atoms with Crippen molar-refractivity contribution in [1.82, 2.24) is 4.98 Å². The number of anilines is 2. The molecule has 0 saturated heterocycles. The number of carbonyl (C=O) groups excluding carboxylic acids is 1. The zero-order chi connectivity index (χ0) is 19.8. The minimum Gasteiger partial charge on any atom is -0.310 e. The summed E-state index contributed by atoms with van der Waals surface area (Å²) in [6.07, 6.45) is 1.87. The summed E-state index contributed by atoms with van der Waals surface area (Å²) >= 11 is 0. The van der Waals surface area contributed by atoms with Gasteiger partial charge in [0, 0.05) is 25.2 Å². The summed E-state index contributed by atoms with van der Waals surface area (Å²) < 4.78 is 42.0. The Morgan fingerprint density at radius 3 is 2.70 bits per heavy atom. The van der Waals surface area contributed by atoms with Crippen molar-refractivity contribution in [3.63, 3.8) is 0 Å². The second kappa shape index (κ2) is 7.26. The second-order valence-corrected chi connectivity index (χ2v) is 8.55. The first kappa shape index (κ1) is 19.3. The molecular formula is C19H22FN3O3S. The van der Waals surface area contributed by atoms with E-state index >= 15 is 0 Å². The Bertz CT molecular complexity index is 974. The van der Waals surface area contributed by atoms with Gasteiger partial charge in [0.25, 0.3) is 0 Å². The lowest BCUT2D eigenvalue weighted by Gasteiger charge is -2.32. The normalized spacial score (nSPS) is 17.0. The average molecular weight is 391 g/mol. The molecule has 3 rings (SSSR count). The number of sulfonamides is 1. The maximum absolute atomic E-state index is 14.7. The molecule has 1 unspecified atom stereocenters. The van der Waals surface area contributed by atoms with Crippen LogP contribution < -0.4 is 9.62 Å². The highest BCUT2D eigenvalue weighted by atomic mass is 32.2. The number of fused-ring (bicyclic) bond motifs is 1. The van der Waals surface area contributed by atoms with E-state index in [0.29, 0.717) is 17.8 Å². The first-order chi connectivity index (χ1) is 12.7. The van der Waals surface area contributed by atoms with E-state index in [1.165, 1.54) is 4.90 Å². The van der Waals surface area contributed by atoms with E-state index < -0.39 is 15.8 Å². The molecule has 144 valence electrons. The van der Waals surface area contributed by atoms with Gasteiger partial charge in [0.2, 0.25) is 15.9 Å². The van der Waals surface area contributed by atoms with Gasteiger partial charge in [-0.1, -0.05) is 13.0 Å². The Hall–Kier alpha value is -2.48. The molecule has 0 aliphatic carbocycles. The smallest absolute Gasteiger partial charge is 0.238 e. The molecule has 1 aliphatic heterocycles. The number of amides is 1. The van der Waals surface area contributed by atoms with Crippen LogP contribution in [-0.4, -0.2) is 25.9 Å². The van der Waals surface area contributed by atoms with Gasteiger partial charge in [0.05, 0.1) is 17.1 Å². The summed E-state index contributed by atoms with van der Waals surface area (Å²) in [5.41, 5.74) is 2.36. The monoisotopic (exact) mass is 391 g/mol. The summed E-state index contributed by atoms with van der Waals surface area (Å²) in [6, 6.07) is 6.16. The van der Waals surface area contributed by atoms with Crippen LogP contribution in [0, 0.1) is 12.7 Å². The van der Waals surface area contributed by atoms with Gasteiger partial charge in [-0.05, 0) is 43.0 Å². The quantitative estimate of drug-likeness (QED) is 0.848. The highest BCUT2D eigenvalue weighted by Crippen LogP contribution is 2.39. The number of hydrogen-bond acceptors (Lipinski definition) is 4. The van der Waals surface area contributed by atoms with E-state index in [2.05, 4.69) is 9.71 Å². The lowest BCUT2D eigenvalue weighted by molar-refractivity contribution is -0.119. The summed E-state index contributed by atoms with van der Waals surface area (Å²) in [4.78, 5) is 17.6. The highest BCUT2D eigenvalue weighted by molar-refractivity contribution is 7.91. The maximum atomic E-state index is 14.7. The van der Waals surface area contributed by atoms with Crippen LogP contribution >= 0.6 is 0 Å². The Morgan fingerprint density at radius 1 is 1.33 bits per heavy atom. The number of halogens is 1. The van der Waals surface area contributed by atoms with E-state index in [1.807, 2.05) is 13.8 Å². The van der Waals surface area contributed by atoms with Crippen molar-refractivity contribution in [2.24, 2.45) is 0 Å². The molecule has 1 aromatic heterocycles. The SMILES string of the molecule is CCN1C(=O)CC(C)c2cc(NS(=O)(=O)Cc3ccc(C)cn3)cc(F)c21. The molecule has 2 aromatic rings. The van der Waals surface area contributed by atoms with Crippen LogP contribution in [0.1, 0.15) is 43.0 Å². The number of nitrogens with one attached hydrogen (secondary N) is 1. The molecule has 1 atom stereocenters. The van der Waals surface area contributed by atoms with Crippen molar-refractivity contribution in [2.45, 2.75) is 38.9 Å². The number of aryl methyl sites for hydroxylation is 1. The molecule has 1 aromatic carbocycles. The minimum atomic E-state index is -3.75. The van der Waals surface area contributed by atoms with Gasteiger partial charge in [-0.2, -0.15) is 0 Å². The lowest BCUT2D eigenvalue weighted by Crippen LogP contribution is -2.36. The molecule has 1 amide bonds. The standard InChI is InChI=1S/C19H22FN3O3S/c1-4-23-18(24)7-13(3)16-8-15(9-17(20)19(16)23)22-27(25,26)11-14-6-5-12(2)10-21-14/h5-6,8-10,13,22H,4,7,11H2,1-3H3. The van der Waals surface area contributed by atoms with Crippen LogP contribution in [0.4, 0.5) is 15.8 Å². The van der Waals surface area contributed by atoms with E-state index in [-0.39, 0.29) is 35.4 Å². The van der Waals surface area contributed by atoms with Gasteiger partial charge in [-0.3, -0.25) is 14.5 Å². The van der Waals surface area contributed by atoms with Crippen molar-refractivity contribution in [2.75, 3.05) is 16.2 Å². The van der Waals surface area contributed by atoms with Gasteiger partial charge in [-0.25, -0.2) is 12.8 Å². The number of nitrogens with zero attached hydrogens (tertiary/aromatic N) is 2. The minimum absolute atomic E-state index is 0.129. The molecule has 8 heteroatoms. The van der Waals surface area contributed by atoms with E-state index in [1.54, 1.807) is 31.3 Å². The van der Waals surface area contributed by atoms with E-state index in [0.717, 1.165) is 11.6 Å². The fourth-order valence-corrected chi connectivity index (χ4v) is 4.38. The van der Waals surface area contributed by atoms with Crippen LogP contribution in [0.2, 0.25) is 0 Å². The number of benzene rings is 1. The molecule has 0 spiro atoms. The average Bonchev–Trinajstić information content (AvgIpc) is 2.57. The molecule has 2 heterocycles. The summed E-state index contributed by atoms with van der Waals surface area (Å²) in [5, 5.41) is 0. The zero-order valence-electron chi connectivity index (χ0n) is 15.5. The Kier molecular flexibility index (Phi) is 5.19. The van der Waals surface area contributed by atoms with Gasteiger partial charge >= 0.3 is 0 Å². The van der Waals surface area contributed by atoms with Gasteiger partial charge in [0.1, 0.15) is 11.6 Å². The molecule has 6 nitrogen and oxygen atoms in total. The third kappa shape index (κ3) is 4.10. The van der Waals surface area contributed by atoms with Crippen molar-refractivity contribution in [1.29, 1.82) is 0 Å². The lowest BCUT2D eigenvalue weighted by atomic mass is 9.90. The number of pyridine rings is 1. The van der Waals surface area contributed by atoms with E-state index in [9.17, 15) is 17.6 Å². The molecule has 0 saturated carbocycles. The van der Waals surface area contributed by atoms with Gasteiger partial charge < -0.3 is 4.90 Å². The van der Waals surface area contributed by atoms with Crippen LogP contribution in [-0.2, 0) is 20.6 Å². The van der Waals surface area contributed by atoms with Crippen LogP contribution in [0.25, 0.3) is 0 Å². The fourth-order valence-electron chi connectivity index (χ4n) is 3.28. The van der Waals surface area contributed by atoms with Crippen molar-refractivity contribution in [3.8, 4) is 0 Å². The van der Waals surface area contributed by atoms with E-state index in [4.69, 9.17) is 0 Å². The largest absolute Gasteiger partial charge is 0.310 e. The zero-order valence-corrected chi connectivity index (χ0v) is 16.3. The first-order valence-electron chi connectivity index (χ1n) is 8.76. The van der Waals surface area contributed by atoms with Crippen LogP contribution in [0.5, 0.6) is 0 Å². The second-order valence-electron chi connectivity index (χ2n) is 6.83. The van der Waals surface area contributed by atoms with Crippen LogP contribution in [0.3, 0.4) is 0 Å². The molecule has 0 bridgehead atoms. The molecule has 0 fully saturated rings. The molecule has 0 radical (unpaired) electrons. The topological polar surface area (TPSA) is 79.4 Å². The van der Waals surface area contributed by atoms with Crippen LogP contribution in [0.15, 0.2) is 30.5 Å². The number of aromatic nitrogens is 1.